The SMILES string of the molecule is COc1ccc(-c2cn3ccc(C(N)CCF)cc3n2)cc1. The molecule has 3 rings (SSSR count). The lowest BCUT2D eigenvalue weighted by Gasteiger charge is -2.09. The van der Waals surface area contributed by atoms with E-state index in [-0.39, 0.29) is 6.04 Å². The van der Waals surface area contributed by atoms with Gasteiger partial charge in [0.05, 0.1) is 19.5 Å². The van der Waals surface area contributed by atoms with Gasteiger partial charge < -0.3 is 14.9 Å². The minimum atomic E-state index is -0.419. The second kappa shape index (κ2) is 6.15. The summed E-state index contributed by atoms with van der Waals surface area (Å²) in [5.41, 5.74) is 9.55. The highest BCUT2D eigenvalue weighted by Gasteiger charge is 2.09. The molecule has 0 fully saturated rings. The summed E-state index contributed by atoms with van der Waals surface area (Å²) >= 11 is 0. The number of halogens is 1. The van der Waals surface area contributed by atoms with E-state index in [4.69, 9.17) is 10.5 Å². The molecule has 1 atom stereocenters. The highest BCUT2D eigenvalue weighted by atomic mass is 19.1. The predicted octanol–water partition coefficient (Wildman–Crippen LogP) is 3.37. The monoisotopic (exact) mass is 299 g/mol. The van der Waals surface area contributed by atoms with Gasteiger partial charge in [0.2, 0.25) is 0 Å². The van der Waals surface area contributed by atoms with Crippen molar-refractivity contribution in [3.8, 4) is 17.0 Å². The molecule has 1 aromatic carbocycles. The molecule has 5 heteroatoms. The summed E-state index contributed by atoms with van der Waals surface area (Å²) in [5, 5.41) is 0. The van der Waals surface area contributed by atoms with Crippen LogP contribution in [-0.4, -0.2) is 23.2 Å². The molecule has 0 aliphatic rings. The van der Waals surface area contributed by atoms with Gasteiger partial charge in [-0.3, -0.25) is 4.39 Å². The van der Waals surface area contributed by atoms with Crippen molar-refractivity contribution in [1.29, 1.82) is 0 Å². The van der Waals surface area contributed by atoms with E-state index in [1.165, 1.54) is 0 Å². The molecule has 1 unspecified atom stereocenters. The van der Waals surface area contributed by atoms with Crippen molar-refractivity contribution >= 4 is 5.65 Å². The second-order valence-electron chi connectivity index (χ2n) is 5.16. The molecule has 3 aromatic rings. The maximum atomic E-state index is 12.4. The van der Waals surface area contributed by atoms with E-state index in [0.29, 0.717) is 6.42 Å². The Bertz CT molecular complexity index is 767. The van der Waals surface area contributed by atoms with Crippen LogP contribution in [0.15, 0.2) is 48.8 Å². The summed E-state index contributed by atoms with van der Waals surface area (Å²) in [6.07, 6.45) is 4.19. The Hall–Kier alpha value is -2.40. The number of nitrogens with zero attached hydrogens (tertiary/aromatic N) is 2. The molecule has 4 nitrogen and oxygen atoms in total. The average molecular weight is 299 g/mol. The zero-order valence-electron chi connectivity index (χ0n) is 12.4. The molecule has 2 N–H and O–H groups in total. The minimum absolute atomic E-state index is 0.295. The molecule has 0 bridgehead atoms. The van der Waals surface area contributed by atoms with Crippen LogP contribution >= 0.6 is 0 Å². The molecule has 0 saturated carbocycles. The van der Waals surface area contributed by atoms with Gasteiger partial charge in [-0.2, -0.15) is 0 Å². The van der Waals surface area contributed by atoms with Crippen molar-refractivity contribution in [1.82, 2.24) is 9.38 Å². The maximum Gasteiger partial charge on any atom is 0.137 e. The van der Waals surface area contributed by atoms with Crippen LogP contribution in [0.25, 0.3) is 16.9 Å². The maximum absolute atomic E-state index is 12.4. The number of imidazole rings is 1. The van der Waals surface area contributed by atoms with E-state index in [9.17, 15) is 4.39 Å². The van der Waals surface area contributed by atoms with Crippen LogP contribution in [0.2, 0.25) is 0 Å². The van der Waals surface area contributed by atoms with Gasteiger partial charge >= 0.3 is 0 Å². The number of rotatable bonds is 5. The highest BCUT2D eigenvalue weighted by molar-refractivity contribution is 5.63. The Labute approximate surface area is 128 Å². The van der Waals surface area contributed by atoms with E-state index in [0.717, 1.165) is 28.2 Å². The van der Waals surface area contributed by atoms with E-state index in [2.05, 4.69) is 4.98 Å². The minimum Gasteiger partial charge on any atom is -0.497 e. The quantitative estimate of drug-likeness (QED) is 0.786. The fraction of sp³-hybridized carbons (Fsp3) is 0.235. The summed E-state index contributed by atoms with van der Waals surface area (Å²) in [6.45, 7) is -0.419. The Morgan fingerprint density at radius 2 is 2.05 bits per heavy atom. The first-order valence-electron chi connectivity index (χ1n) is 7.16. The number of nitrogens with two attached hydrogens (primary N) is 1. The van der Waals surface area contributed by atoms with Crippen LogP contribution < -0.4 is 10.5 Å². The number of fused-ring (bicyclic) bond motifs is 1. The number of alkyl halides is 1. The largest absolute Gasteiger partial charge is 0.497 e. The summed E-state index contributed by atoms with van der Waals surface area (Å²) in [4.78, 5) is 4.61. The van der Waals surface area contributed by atoms with E-state index in [1.807, 2.05) is 53.2 Å². The second-order valence-corrected chi connectivity index (χ2v) is 5.16. The Morgan fingerprint density at radius 1 is 1.27 bits per heavy atom. The standard InChI is InChI=1S/C17H18FN3O/c1-22-14-4-2-12(3-5-14)16-11-21-9-7-13(10-17(21)20-16)15(19)6-8-18/h2-5,7,9-11,15H,6,8,19H2,1H3. The lowest BCUT2D eigenvalue weighted by molar-refractivity contribution is 0.415. The van der Waals surface area contributed by atoms with Crippen LogP contribution in [-0.2, 0) is 0 Å². The molecular formula is C17H18FN3O. The third-order valence-electron chi connectivity index (χ3n) is 3.72. The number of ether oxygens (including phenoxy) is 1. The van der Waals surface area contributed by atoms with Gasteiger partial charge in [0, 0.05) is 24.0 Å². The summed E-state index contributed by atoms with van der Waals surface area (Å²) < 4.78 is 19.5. The highest BCUT2D eigenvalue weighted by Crippen LogP contribution is 2.23. The molecule has 0 saturated heterocycles. The van der Waals surface area contributed by atoms with Crippen molar-refractivity contribution in [2.75, 3.05) is 13.8 Å². The number of pyridine rings is 1. The third kappa shape index (κ3) is 2.80. The number of hydrogen-bond acceptors (Lipinski definition) is 3. The van der Waals surface area contributed by atoms with Crippen LogP contribution in [0.5, 0.6) is 5.75 Å². The summed E-state index contributed by atoms with van der Waals surface area (Å²) in [7, 11) is 1.64. The first-order chi connectivity index (χ1) is 10.7. The molecule has 0 aliphatic carbocycles. The zero-order chi connectivity index (χ0) is 15.5. The average Bonchev–Trinajstić information content (AvgIpc) is 2.98. The normalized spacial score (nSPS) is 12.5. The summed E-state index contributed by atoms with van der Waals surface area (Å²) in [6, 6.07) is 11.3. The van der Waals surface area contributed by atoms with Crippen LogP contribution in [0, 0.1) is 0 Å². The van der Waals surface area contributed by atoms with Gasteiger partial charge in [-0.25, -0.2) is 4.98 Å². The van der Waals surface area contributed by atoms with Gasteiger partial charge in [-0.15, -0.1) is 0 Å². The van der Waals surface area contributed by atoms with Crippen LogP contribution in [0.3, 0.4) is 0 Å². The Kier molecular flexibility index (Phi) is 4.06. The molecule has 0 aliphatic heterocycles. The zero-order valence-corrected chi connectivity index (χ0v) is 12.4. The van der Waals surface area contributed by atoms with Crippen LogP contribution in [0.4, 0.5) is 4.39 Å². The van der Waals surface area contributed by atoms with E-state index >= 15 is 0 Å². The summed E-state index contributed by atoms with van der Waals surface area (Å²) in [5.74, 6) is 0.812. The van der Waals surface area contributed by atoms with E-state index in [1.54, 1.807) is 7.11 Å². The van der Waals surface area contributed by atoms with Crippen molar-refractivity contribution in [3.05, 3.63) is 54.4 Å². The van der Waals surface area contributed by atoms with Gasteiger partial charge in [0.1, 0.15) is 11.4 Å². The number of hydrogen-bond donors (Lipinski definition) is 1. The van der Waals surface area contributed by atoms with Crippen molar-refractivity contribution in [2.24, 2.45) is 5.73 Å². The first-order valence-corrected chi connectivity index (χ1v) is 7.16. The fourth-order valence-electron chi connectivity index (χ4n) is 2.41. The molecule has 0 radical (unpaired) electrons. The number of methoxy groups -OCH3 is 1. The van der Waals surface area contributed by atoms with E-state index < -0.39 is 6.67 Å². The van der Waals surface area contributed by atoms with Crippen molar-refractivity contribution < 1.29 is 9.13 Å². The Balaban J connectivity index is 1.94. The predicted molar refractivity (Wildman–Crippen MR) is 84.7 cm³/mol. The van der Waals surface area contributed by atoms with Gasteiger partial charge in [0.15, 0.2) is 0 Å². The number of aromatic nitrogens is 2. The molecule has 2 aromatic heterocycles. The fourth-order valence-corrected chi connectivity index (χ4v) is 2.41. The Morgan fingerprint density at radius 3 is 2.73 bits per heavy atom. The van der Waals surface area contributed by atoms with Gasteiger partial charge in [0.25, 0.3) is 0 Å². The lowest BCUT2D eigenvalue weighted by Crippen LogP contribution is -2.11. The molecule has 114 valence electrons. The van der Waals surface area contributed by atoms with Crippen molar-refractivity contribution in [2.45, 2.75) is 12.5 Å². The third-order valence-corrected chi connectivity index (χ3v) is 3.72. The molecule has 0 spiro atoms. The molecule has 0 amide bonds. The lowest BCUT2D eigenvalue weighted by atomic mass is 10.1. The molecule has 2 heterocycles. The topological polar surface area (TPSA) is 52.5 Å². The van der Waals surface area contributed by atoms with Crippen LogP contribution in [0.1, 0.15) is 18.0 Å². The van der Waals surface area contributed by atoms with Gasteiger partial charge in [-0.05, 0) is 48.4 Å². The number of benzene rings is 1. The first kappa shape index (κ1) is 14.5. The van der Waals surface area contributed by atoms with Gasteiger partial charge in [-0.1, -0.05) is 0 Å². The molecular weight excluding hydrogens is 281 g/mol. The smallest absolute Gasteiger partial charge is 0.137 e. The van der Waals surface area contributed by atoms with Crippen molar-refractivity contribution in [3.63, 3.8) is 0 Å². The molecule has 22 heavy (non-hydrogen) atoms.